The molecule has 8 unspecified atom stereocenters. The van der Waals surface area contributed by atoms with Crippen molar-refractivity contribution in [1.29, 1.82) is 0 Å². The van der Waals surface area contributed by atoms with Crippen LogP contribution in [0, 0.1) is 52.3 Å². The number of allylic oxidation sites excluding steroid dienone is 1. The standard InChI is InChI=1S/C30H52O/c1-8-25-27-13-12-26(22(4)11-9-10-21(2)3)30(27,7)18-15-28(25)29(6)17-14-24(16-19-31)20-23(29)5/h19,21-22,24-28H,5,8-18,20H2,1-4,6-7H3. The molecule has 0 bridgehead atoms. The van der Waals surface area contributed by atoms with Gasteiger partial charge >= 0.3 is 0 Å². The van der Waals surface area contributed by atoms with Gasteiger partial charge < -0.3 is 4.79 Å². The Labute approximate surface area is 194 Å². The minimum Gasteiger partial charge on any atom is -0.303 e. The van der Waals surface area contributed by atoms with E-state index in [-0.39, 0.29) is 0 Å². The quantitative estimate of drug-likeness (QED) is 0.265. The second kappa shape index (κ2) is 10.1. The Kier molecular flexibility index (Phi) is 8.18. The lowest BCUT2D eigenvalue weighted by molar-refractivity contribution is -0.109. The van der Waals surface area contributed by atoms with Gasteiger partial charge in [0.15, 0.2) is 0 Å². The fourth-order valence-corrected chi connectivity index (χ4v) is 8.82. The van der Waals surface area contributed by atoms with Crippen molar-refractivity contribution in [3.8, 4) is 0 Å². The molecule has 1 heteroatoms. The van der Waals surface area contributed by atoms with Gasteiger partial charge in [0.05, 0.1) is 0 Å². The molecule has 3 saturated carbocycles. The summed E-state index contributed by atoms with van der Waals surface area (Å²) >= 11 is 0. The number of rotatable bonds is 9. The number of carbonyl (C=O) groups is 1. The van der Waals surface area contributed by atoms with Crippen molar-refractivity contribution >= 4 is 6.29 Å². The topological polar surface area (TPSA) is 17.1 Å². The molecule has 0 N–H and O–H groups in total. The lowest BCUT2D eigenvalue weighted by Crippen LogP contribution is -2.48. The summed E-state index contributed by atoms with van der Waals surface area (Å²) in [6.07, 6.45) is 16.7. The summed E-state index contributed by atoms with van der Waals surface area (Å²) in [6.45, 7) is 19.6. The normalized spacial score (nSPS) is 41.9. The van der Waals surface area contributed by atoms with Gasteiger partial charge in [0.2, 0.25) is 0 Å². The van der Waals surface area contributed by atoms with Crippen LogP contribution in [-0.2, 0) is 4.79 Å². The van der Waals surface area contributed by atoms with Crippen LogP contribution in [0.2, 0.25) is 0 Å². The van der Waals surface area contributed by atoms with Crippen LogP contribution in [0.4, 0.5) is 0 Å². The van der Waals surface area contributed by atoms with Crippen molar-refractivity contribution in [3.05, 3.63) is 12.2 Å². The first-order chi connectivity index (χ1) is 14.7. The Morgan fingerprint density at radius 3 is 2.39 bits per heavy atom. The van der Waals surface area contributed by atoms with E-state index in [0.29, 0.717) is 16.7 Å². The maximum absolute atomic E-state index is 11.1. The van der Waals surface area contributed by atoms with Crippen molar-refractivity contribution in [2.24, 2.45) is 52.3 Å². The molecule has 0 aliphatic heterocycles. The van der Waals surface area contributed by atoms with E-state index >= 15 is 0 Å². The molecule has 0 aromatic heterocycles. The molecule has 0 aromatic rings. The molecule has 3 aliphatic rings. The lowest BCUT2D eigenvalue weighted by Gasteiger charge is -2.56. The summed E-state index contributed by atoms with van der Waals surface area (Å²) in [4.78, 5) is 11.1. The summed E-state index contributed by atoms with van der Waals surface area (Å²) in [5.41, 5.74) is 2.32. The molecule has 3 aliphatic carbocycles. The van der Waals surface area contributed by atoms with Crippen LogP contribution >= 0.6 is 0 Å². The fourth-order valence-electron chi connectivity index (χ4n) is 8.82. The predicted molar refractivity (Wildman–Crippen MR) is 134 cm³/mol. The van der Waals surface area contributed by atoms with Gasteiger partial charge in [0.25, 0.3) is 0 Å². The SMILES string of the molecule is C=C1CC(CC=O)CCC1(C)C1CCC2(C)C(C(C)CCCC(C)C)CCC2C1CC. The zero-order chi connectivity index (χ0) is 22.8. The van der Waals surface area contributed by atoms with Gasteiger partial charge in [-0.05, 0) is 97.2 Å². The van der Waals surface area contributed by atoms with Gasteiger partial charge in [-0.25, -0.2) is 0 Å². The monoisotopic (exact) mass is 428 g/mol. The molecule has 0 amide bonds. The van der Waals surface area contributed by atoms with E-state index in [1.165, 1.54) is 69.8 Å². The average Bonchev–Trinajstić information content (AvgIpc) is 3.07. The first-order valence-corrected chi connectivity index (χ1v) is 13.8. The van der Waals surface area contributed by atoms with E-state index in [9.17, 15) is 4.79 Å². The molecule has 0 radical (unpaired) electrons. The summed E-state index contributed by atoms with van der Waals surface area (Å²) < 4.78 is 0. The molecule has 0 aromatic carbocycles. The highest BCUT2D eigenvalue weighted by Crippen LogP contribution is 2.66. The van der Waals surface area contributed by atoms with E-state index in [2.05, 4.69) is 48.1 Å². The molecule has 31 heavy (non-hydrogen) atoms. The van der Waals surface area contributed by atoms with E-state index in [1.807, 2.05) is 0 Å². The molecule has 3 fully saturated rings. The molecule has 3 rings (SSSR count). The van der Waals surface area contributed by atoms with Crippen LogP contribution in [0.15, 0.2) is 12.2 Å². The Hall–Kier alpha value is -0.590. The Morgan fingerprint density at radius 2 is 1.77 bits per heavy atom. The number of carbonyl (C=O) groups excluding carboxylic acids is 1. The minimum absolute atomic E-state index is 0.294. The third-order valence-electron chi connectivity index (χ3n) is 10.8. The maximum Gasteiger partial charge on any atom is 0.120 e. The fraction of sp³-hybridized carbons (Fsp3) is 0.900. The Balaban J connectivity index is 1.72. The minimum atomic E-state index is 0.294. The number of aldehydes is 1. The smallest absolute Gasteiger partial charge is 0.120 e. The van der Waals surface area contributed by atoms with E-state index in [4.69, 9.17) is 0 Å². The van der Waals surface area contributed by atoms with Crippen LogP contribution < -0.4 is 0 Å². The van der Waals surface area contributed by atoms with Crippen LogP contribution in [-0.4, -0.2) is 6.29 Å². The molecule has 0 spiro atoms. The van der Waals surface area contributed by atoms with Gasteiger partial charge in [-0.15, -0.1) is 0 Å². The zero-order valence-corrected chi connectivity index (χ0v) is 21.7. The molecule has 0 heterocycles. The number of hydrogen-bond donors (Lipinski definition) is 0. The van der Waals surface area contributed by atoms with Crippen molar-refractivity contribution < 1.29 is 4.79 Å². The number of hydrogen-bond acceptors (Lipinski definition) is 1. The Morgan fingerprint density at radius 1 is 1.03 bits per heavy atom. The maximum atomic E-state index is 11.1. The first kappa shape index (κ1) is 25.0. The van der Waals surface area contributed by atoms with Crippen molar-refractivity contribution in [2.45, 2.75) is 119 Å². The van der Waals surface area contributed by atoms with Gasteiger partial charge in [0.1, 0.15) is 6.29 Å². The second-order valence-electron chi connectivity index (χ2n) is 12.8. The van der Waals surface area contributed by atoms with Crippen LogP contribution in [0.1, 0.15) is 119 Å². The summed E-state index contributed by atoms with van der Waals surface area (Å²) in [7, 11) is 0. The zero-order valence-electron chi connectivity index (χ0n) is 21.7. The molecular formula is C30H52O. The summed E-state index contributed by atoms with van der Waals surface area (Å²) in [5.74, 6) is 5.77. The lowest BCUT2D eigenvalue weighted by atomic mass is 9.48. The van der Waals surface area contributed by atoms with Crippen LogP contribution in [0.5, 0.6) is 0 Å². The highest BCUT2D eigenvalue weighted by Gasteiger charge is 2.57. The summed E-state index contributed by atoms with van der Waals surface area (Å²) in [6, 6.07) is 0. The molecular weight excluding hydrogens is 376 g/mol. The first-order valence-electron chi connectivity index (χ1n) is 13.8. The highest BCUT2D eigenvalue weighted by molar-refractivity contribution is 5.50. The van der Waals surface area contributed by atoms with Crippen molar-refractivity contribution in [3.63, 3.8) is 0 Å². The number of fused-ring (bicyclic) bond motifs is 1. The third-order valence-corrected chi connectivity index (χ3v) is 10.8. The van der Waals surface area contributed by atoms with E-state index < -0.39 is 0 Å². The third kappa shape index (κ3) is 4.86. The molecule has 8 atom stereocenters. The molecule has 1 nitrogen and oxygen atoms in total. The van der Waals surface area contributed by atoms with E-state index in [0.717, 1.165) is 54.6 Å². The van der Waals surface area contributed by atoms with Crippen molar-refractivity contribution in [2.75, 3.05) is 0 Å². The van der Waals surface area contributed by atoms with E-state index in [1.54, 1.807) is 0 Å². The molecule has 0 saturated heterocycles. The van der Waals surface area contributed by atoms with Gasteiger partial charge in [0, 0.05) is 6.42 Å². The van der Waals surface area contributed by atoms with Gasteiger partial charge in [-0.1, -0.05) is 79.4 Å². The Bertz CT molecular complexity index is 620. The summed E-state index contributed by atoms with van der Waals surface area (Å²) in [5, 5.41) is 0. The van der Waals surface area contributed by atoms with Crippen molar-refractivity contribution in [1.82, 2.24) is 0 Å². The van der Waals surface area contributed by atoms with Gasteiger partial charge in [-0.2, -0.15) is 0 Å². The largest absolute Gasteiger partial charge is 0.303 e. The van der Waals surface area contributed by atoms with Gasteiger partial charge in [-0.3, -0.25) is 0 Å². The predicted octanol–water partition coefficient (Wildman–Crippen LogP) is 8.87. The van der Waals surface area contributed by atoms with Crippen LogP contribution in [0.25, 0.3) is 0 Å². The second-order valence-corrected chi connectivity index (χ2v) is 12.8. The average molecular weight is 429 g/mol. The van der Waals surface area contributed by atoms with Crippen LogP contribution in [0.3, 0.4) is 0 Å². The molecule has 178 valence electrons. The highest BCUT2D eigenvalue weighted by atomic mass is 16.1.